The number of hydrogen-bond donors (Lipinski definition) is 3. The number of hydrogen-bond acceptors (Lipinski definition) is 3. The molecule has 0 unspecified atom stereocenters. The molecule has 3 N–H and O–H groups in total. The Kier molecular flexibility index (Phi) is 3.90. The summed E-state index contributed by atoms with van der Waals surface area (Å²) < 4.78 is 43.8. The summed E-state index contributed by atoms with van der Waals surface area (Å²) in [6.07, 6.45) is 1.59. The van der Waals surface area contributed by atoms with Gasteiger partial charge in [-0.1, -0.05) is 0 Å². The molecule has 27 heavy (non-hydrogen) atoms. The number of aromatic nitrogens is 3. The third-order valence-electron chi connectivity index (χ3n) is 4.77. The lowest BCUT2D eigenvalue weighted by atomic mass is 9.85. The first kappa shape index (κ1) is 17.1. The lowest BCUT2D eigenvalue weighted by Crippen LogP contribution is -2.45. The van der Waals surface area contributed by atoms with Crippen LogP contribution in [0.4, 0.5) is 18.0 Å². The number of fused-ring (bicyclic) bond motifs is 3. The Balaban J connectivity index is 1.83. The van der Waals surface area contributed by atoms with Crippen LogP contribution >= 0.6 is 0 Å². The van der Waals surface area contributed by atoms with Gasteiger partial charge in [0.1, 0.15) is 22.7 Å². The number of carboxylic acid groups (broad SMARTS) is 1. The Bertz CT molecular complexity index is 1070. The highest BCUT2D eigenvalue weighted by Gasteiger charge is 2.35. The van der Waals surface area contributed by atoms with Crippen LogP contribution in [0.3, 0.4) is 0 Å². The summed E-state index contributed by atoms with van der Waals surface area (Å²) in [6.45, 7) is 0.0885. The standard InChI is InChI=1S/C17H13F3N4O3/c18-10-5-12(20)11(19)3-8(10)9-4-16-21-13-1-2-23(27)7-15(13)24(16)6-14(9)22-17(25)26/h1-3,5,7,9,14,22H,4,6H2,(H-,25,26,27)/p+1/t9-,14+/m1/s1. The number of halogens is 3. The van der Waals surface area contributed by atoms with E-state index in [-0.39, 0.29) is 18.5 Å². The van der Waals surface area contributed by atoms with Crippen LogP contribution < -0.4 is 10.0 Å². The van der Waals surface area contributed by atoms with Crippen LogP contribution in [-0.2, 0) is 13.0 Å². The fraction of sp³-hybridized carbons (Fsp3) is 0.235. The Morgan fingerprint density at radius 1 is 1.26 bits per heavy atom. The molecule has 0 spiro atoms. The molecule has 2 aromatic heterocycles. The van der Waals surface area contributed by atoms with E-state index in [4.69, 9.17) is 5.11 Å². The number of amides is 1. The minimum absolute atomic E-state index is 0.0885. The second-order valence-corrected chi connectivity index (χ2v) is 6.39. The highest BCUT2D eigenvalue weighted by molar-refractivity contribution is 5.74. The summed E-state index contributed by atoms with van der Waals surface area (Å²) in [5.74, 6) is -3.72. The molecule has 4 rings (SSSR count). The number of benzene rings is 1. The molecule has 0 radical (unpaired) electrons. The van der Waals surface area contributed by atoms with Gasteiger partial charge in [-0.3, -0.25) is 5.21 Å². The Labute approximate surface area is 150 Å². The zero-order valence-electron chi connectivity index (χ0n) is 13.7. The maximum Gasteiger partial charge on any atom is 0.404 e. The van der Waals surface area contributed by atoms with Crippen molar-refractivity contribution < 1.29 is 33.0 Å². The van der Waals surface area contributed by atoms with Crippen molar-refractivity contribution in [1.29, 1.82) is 0 Å². The van der Waals surface area contributed by atoms with Crippen LogP contribution in [0.15, 0.2) is 30.6 Å². The van der Waals surface area contributed by atoms with E-state index >= 15 is 0 Å². The first-order valence-electron chi connectivity index (χ1n) is 8.07. The molecule has 3 heterocycles. The average Bonchev–Trinajstić information content (AvgIpc) is 2.94. The van der Waals surface area contributed by atoms with Gasteiger partial charge in [0.05, 0.1) is 6.04 Å². The van der Waals surface area contributed by atoms with E-state index in [2.05, 4.69) is 10.3 Å². The van der Waals surface area contributed by atoms with Crippen molar-refractivity contribution in [2.75, 3.05) is 0 Å². The van der Waals surface area contributed by atoms with Crippen LogP contribution in [0.25, 0.3) is 11.0 Å². The molecule has 1 aliphatic heterocycles. The Hall–Kier alpha value is -3.30. The molecule has 1 aliphatic rings. The van der Waals surface area contributed by atoms with Gasteiger partial charge >= 0.3 is 6.09 Å². The topological polar surface area (TPSA) is 91.3 Å². The number of pyridine rings is 1. The van der Waals surface area contributed by atoms with Crippen LogP contribution in [0.1, 0.15) is 17.3 Å². The minimum atomic E-state index is -1.32. The molecule has 1 aromatic carbocycles. The summed E-state index contributed by atoms with van der Waals surface area (Å²) in [5, 5.41) is 21.1. The lowest BCUT2D eigenvalue weighted by molar-refractivity contribution is -0.904. The zero-order chi connectivity index (χ0) is 19.3. The molecule has 10 heteroatoms. The summed E-state index contributed by atoms with van der Waals surface area (Å²) >= 11 is 0. The number of nitrogens with zero attached hydrogens (tertiary/aromatic N) is 3. The van der Waals surface area contributed by atoms with Crippen LogP contribution in [-0.4, -0.2) is 32.0 Å². The van der Waals surface area contributed by atoms with Crippen molar-refractivity contribution in [3.8, 4) is 0 Å². The zero-order valence-corrected chi connectivity index (χ0v) is 13.7. The van der Waals surface area contributed by atoms with Crippen LogP contribution in [0.5, 0.6) is 0 Å². The molecular formula is C17H14F3N4O3+. The molecule has 140 valence electrons. The van der Waals surface area contributed by atoms with E-state index < -0.39 is 35.5 Å². The van der Waals surface area contributed by atoms with Gasteiger partial charge in [0, 0.05) is 35.7 Å². The lowest BCUT2D eigenvalue weighted by Gasteiger charge is -2.32. The van der Waals surface area contributed by atoms with E-state index in [9.17, 15) is 23.2 Å². The predicted molar refractivity (Wildman–Crippen MR) is 84.8 cm³/mol. The largest absolute Gasteiger partial charge is 0.465 e. The van der Waals surface area contributed by atoms with Crippen molar-refractivity contribution in [2.24, 2.45) is 0 Å². The van der Waals surface area contributed by atoms with E-state index in [0.717, 1.165) is 10.8 Å². The molecule has 2 atom stereocenters. The van der Waals surface area contributed by atoms with E-state index in [1.807, 2.05) is 0 Å². The van der Waals surface area contributed by atoms with Crippen molar-refractivity contribution >= 4 is 17.1 Å². The molecule has 7 nitrogen and oxygen atoms in total. The van der Waals surface area contributed by atoms with Gasteiger partial charge in [-0.2, -0.15) is 0 Å². The fourth-order valence-electron chi connectivity index (χ4n) is 3.58. The third-order valence-corrected chi connectivity index (χ3v) is 4.77. The highest BCUT2D eigenvalue weighted by Crippen LogP contribution is 2.34. The van der Waals surface area contributed by atoms with Crippen molar-refractivity contribution in [3.05, 3.63) is 59.4 Å². The number of carbonyl (C=O) groups is 1. The summed E-state index contributed by atoms with van der Waals surface area (Å²) in [7, 11) is 0. The van der Waals surface area contributed by atoms with Gasteiger partial charge in [-0.15, -0.1) is 0 Å². The number of imidazole rings is 1. The van der Waals surface area contributed by atoms with E-state index in [1.165, 1.54) is 12.4 Å². The summed E-state index contributed by atoms with van der Waals surface area (Å²) in [4.78, 5) is 15.6. The molecule has 3 aromatic rings. The fourth-order valence-corrected chi connectivity index (χ4v) is 3.58. The molecule has 0 aliphatic carbocycles. The number of rotatable bonds is 2. The molecular weight excluding hydrogens is 365 g/mol. The SMILES string of the molecule is O=C(O)N[C@H]1Cn2c(nc3cc[n+](O)cc32)C[C@@H]1c1cc(F)c(F)cc1F. The second kappa shape index (κ2) is 6.15. The molecule has 0 bridgehead atoms. The maximum absolute atomic E-state index is 14.3. The summed E-state index contributed by atoms with van der Waals surface area (Å²) in [6, 6.07) is 1.98. The van der Waals surface area contributed by atoms with Gasteiger partial charge in [0.15, 0.2) is 11.6 Å². The van der Waals surface area contributed by atoms with Gasteiger partial charge in [0.2, 0.25) is 12.4 Å². The molecule has 0 saturated carbocycles. The third kappa shape index (κ3) is 2.92. The Morgan fingerprint density at radius 2 is 2.00 bits per heavy atom. The highest BCUT2D eigenvalue weighted by atomic mass is 19.2. The molecule has 0 saturated heterocycles. The van der Waals surface area contributed by atoms with Gasteiger partial charge in [-0.05, 0) is 11.6 Å². The van der Waals surface area contributed by atoms with Crippen molar-refractivity contribution in [2.45, 2.75) is 24.9 Å². The van der Waals surface area contributed by atoms with Crippen LogP contribution in [0, 0.1) is 17.5 Å². The van der Waals surface area contributed by atoms with Crippen molar-refractivity contribution in [1.82, 2.24) is 14.9 Å². The average molecular weight is 379 g/mol. The minimum Gasteiger partial charge on any atom is -0.465 e. The maximum atomic E-state index is 14.3. The Morgan fingerprint density at radius 3 is 2.74 bits per heavy atom. The number of nitrogens with one attached hydrogen (secondary N) is 1. The summed E-state index contributed by atoms with van der Waals surface area (Å²) in [5.41, 5.74) is 1.01. The predicted octanol–water partition coefficient (Wildman–Crippen LogP) is 1.95. The normalized spacial score (nSPS) is 19.1. The monoisotopic (exact) mass is 379 g/mol. The van der Waals surface area contributed by atoms with Crippen molar-refractivity contribution in [3.63, 3.8) is 0 Å². The molecule has 0 fully saturated rings. The van der Waals surface area contributed by atoms with Gasteiger partial charge in [-0.25, -0.2) is 22.9 Å². The van der Waals surface area contributed by atoms with Crippen LogP contribution in [0.2, 0.25) is 0 Å². The smallest absolute Gasteiger partial charge is 0.404 e. The first-order chi connectivity index (χ1) is 12.8. The second-order valence-electron chi connectivity index (χ2n) is 6.39. The first-order valence-corrected chi connectivity index (χ1v) is 8.07. The quantitative estimate of drug-likeness (QED) is 0.361. The van der Waals surface area contributed by atoms with E-state index in [0.29, 0.717) is 22.9 Å². The van der Waals surface area contributed by atoms with Gasteiger partial charge < -0.3 is 15.0 Å². The molecule has 1 amide bonds. The van der Waals surface area contributed by atoms with E-state index in [1.54, 1.807) is 10.6 Å². The van der Waals surface area contributed by atoms with Gasteiger partial charge in [0.25, 0.3) is 0 Å².